The van der Waals surface area contributed by atoms with Crippen LogP contribution in [0.15, 0.2) is 30.3 Å². The van der Waals surface area contributed by atoms with E-state index in [1.807, 2.05) is 0 Å². The van der Waals surface area contributed by atoms with E-state index in [4.69, 9.17) is 16.3 Å². The monoisotopic (exact) mass is 530 g/mol. The molecule has 3 heterocycles. The molecule has 1 fully saturated rings. The van der Waals surface area contributed by atoms with Crippen molar-refractivity contribution in [3.05, 3.63) is 52.0 Å². The number of H-pyrrole nitrogens is 1. The molecule has 1 aromatic heterocycles. The number of amides is 1. The average Bonchev–Trinajstić information content (AvgIpc) is 3.44. The van der Waals surface area contributed by atoms with E-state index in [0.29, 0.717) is 34.9 Å². The molecule has 0 bridgehead atoms. The number of fused-ring (bicyclic) bond motifs is 2. The number of rotatable bonds is 9. The van der Waals surface area contributed by atoms with Gasteiger partial charge in [-0.25, -0.2) is 13.1 Å². The third-order valence-electron chi connectivity index (χ3n) is 6.75. The number of aromatic amines is 1. The number of aromatic nitrogens is 1. The van der Waals surface area contributed by atoms with E-state index in [-0.39, 0.29) is 19.1 Å². The second-order valence-corrected chi connectivity index (χ2v) is 11.8. The molecule has 36 heavy (non-hydrogen) atoms. The Morgan fingerprint density at radius 2 is 1.94 bits per heavy atom. The number of ether oxygens (including phenoxy) is 1. The lowest BCUT2D eigenvalue weighted by Gasteiger charge is -2.26. The van der Waals surface area contributed by atoms with Crippen LogP contribution in [0.4, 0.5) is 0 Å². The lowest BCUT2D eigenvalue weighted by Crippen LogP contribution is -2.28. The highest BCUT2D eigenvalue weighted by molar-refractivity contribution is 7.88. The zero-order valence-electron chi connectivity index (χ0n) is 20.3. The van der Waals surface area contributed by atoms with Crippen LogP contribution in [0.2, 0.25) is 5.02 Å². The molecule has 10 heteroatoms. The number of carbonyl (C=O) groups excluding carboxylic acids is 1. The number of carbonyl (C=O) groups is 1. The van der Waals surface area contributed by atoms with Crippen LogP contribution >= 0.6 is 11.6 Å². The summed E-state index contributed by atoms with van der Waals surface area (Å²) in [5, 5.41) is 4.37. The molecule has 192 valence electrons. The van der Waals surface area contributed by atoms with Crippen molar-refractivity contribution in [3.63, 3.8) is 0 Å². The number of hydrogen-bond acceptors (Lipinski definition) is 5. The first-order valence-corrected chi connectivity index (χ1v) is 14.6. The van der Waals surface area contributed by atoms with Gasteiger partial charge in [-0.1, -0.05) is 24.1 Å². The lowest BCUT2D eigenvalue weighted by atomic mass is 9.99. The molecule has 1 amide bonds. The summed E-state index contributed by atoms with van der Waals surface area (Å²) in [5.41, 5.74) is 5.12. The van der Waals surface area contributed by atoms with Gasteiger partial charge >= 0.3 is 0 Å². The standard InChI is InChI=1S/C26H31ClN4O4S/c1-36(33,34)29-8-5-11-35-23-14-19(24-20(25(23)27)15-28-26(24)32)22-13-18-12-17(6-7-21(18)30-22)16-31-9-3-2-4-10-31/h6-7,12-14,29-30H,2-5,8-11,15-16H2,1H3,(H,28,32). The third-order valence-corrected chi connectivity index (χ3v) is 7.90. The quantitative estimate of drug-likeness (QED) is 0.362. The number of nitrogens with zero attached hydrogens (tertiary/aromatic N) is 1. The van der Waals surface area contributed by atoms with Crippen LogP contribution in [-0.4, -0.2) is 56.7 Å². The highest BCUT2D eigenvalue weighted by Gasteiger charge is 2.29. The number of benzene rings is 2. The lowest BCUT2D eigenvalue weighted by molar-refractivity contribution is 0.0966. The number of likely N-dealkylation sites (tertiary alicyclic amines) is 1. The van der Waals surface area contributed by atoms with Crippen molar-refractivity contribution in [1.82, 2.24) is 19.9 Å². The summed E-state index contributed by atoms with van der Waals surface area (Å²) in [5.74, 6) is 0.320. The molecular formula is C26H31ClN4O4S. The molecule has 3 N–H and O–H groups in total. The first-order chi connectivity index (χ1) is 17.3. The van der Waals surface area contributed by atoms with Gasteiger partial charge in [-0.3, -0.25) is 9.69 Å². The summed E-state index contributed by atoms with van der Waals surface area (Å²) in [6.07, 6.45) is 5.45. The van der Waals surface area contributed by atoms with Crippen LogP contribution in [0.5, 0.6) is 5.75 Å². The van der Waals surface area contributed by atoms with Crippen molar-refractivity contribution in [1.29, 1.82) is 0 Å². The van der Waals surface area contributed by atoms with Gasteiger partial charge in [0.1, 0.15) is 5.75 Å². The van der Waals surface area contributed by atoms with Gasteiger partial charge in [0, 0.05) is 47.4 Å². The maximum atomic E-state index is 12.7. The first-order valence-electron chi connectivity index (χ1n) is 12.3. The number of nitrogens with one attached hydrogen (secondary N) is 3. The van der Waals surface area contributed by atoms with Crippen molar-refractivity contribution >= 4 is 38.4 Å². The van der Waals surface area contributed by atoms with Gasteiger partial charge < -0.3 is 15.0 Å². The second kappa shape index (κ2) is 10.4. The Morgan fingerprint density at radius 3 is 2.72 bits per heavy atom. The topological polar surface area (TPSA) is 104 Å². The molecule has 0 unspecified atom stereocenters. The van der Waals surface area contributed by atoms with E-state index in [1.54, 1.807) is 6.07 Å². The molecule has 1 saturated heterocycles. The van der Waals surface area contributed by atoms with Crippen molar-refractivity contribution in [3.8, 4) is 17.0 Å². The molecule has 0 aliphatic carbocycles. The van der Waals surface area contributed by atoms with Gasteiger partial charge in [0.25, 0.3) is 5.91 Å². The fourth-order valence-corrected chi connectivity index (χ4v) is 5.79. The first kappa shape index (κ1) is 25.1. The minimum atomic E-state index is -3.24. The fourth-order valence-electron chi connectivity index (χ4n) is 5.00. The van der Waals surface area contributed by atoms with Crippen LogP contribution in [0.3, 0.4) is 0 Å². The van der Waals surface area contributed by atoms with E-state index >= 15 is 0 Å². The molecule has 5 rings (SSSR count). The smallest absolute Gasteiger partial charge is 0.252 e. The van der Waals surface area contributed by atoms with Crippen LogP contribution < -0.4 is 14.8 Å². The SMILES string of the molecule is CS(=O)(=O)NCCCOc1cc(-c2cc3cc(CN4CCCCC4)ccc3[nH]2)c2c(c1Cl)CNC2=O. The number of halogens is 1. The molecule has 0 atom stereocenters. The second-order valence-electron chi connectivity index (χ2n) is 9.58. The highest BCUT2D eigenvalue weighted by atomic mass is 35.5. The summed E-state index contributed by atoms with van der Waals surface area (Å²) in [6.45, 7) is 4.14. The Kier molecular flexibility index (Phi) is 7.25. The van der Waals surface area contributed by atoms with Crippen LogP contribution in [0.25, 0.3) is 22.2 Å². The minimum Gasteiger partial charge on any atom is -0.492 e. The molecule has 0 spiro atoms. The van der Waals surface area contributed by atoms with Gasteiger partial charge in [0.05, 0.1) is 23.4 Å². The van der Waals surface area contributed by atoms with E-state index in [2.05, 4.69) is 44.2 Å². The summed E-state index contributed by atoms with van der Waals surface area (Å²) < 4.78 is 30.9. The summed E-state index contributed by atoms with van der Waals surface area (Å²) >= 11 is 6.61. The largest absolute Gasteiger partial charge is 0.492 e. The highest BCUT2D eigenvalue weighted by Crippen LogP contribution is 2.41. The fraction of sp³-hybridized carbons (Fsp3) is 0.423. The zero-order valence-corrected chi connectivity index (χ0v) is 21.9. The molecule has 8 nitrogen and oxygen atoms in total. The molecule has 2 aliphatic heterocycles. The Bertz CT molecular complexity index is 1400. The van der Waals surface area contributed by atoms with Crippen molar-refractivity contribution in [2.75, 3.05) is 32.5 Å². The predicted molar refractivity (Wildman–Crippen MR) is 142 cm³/mol. The summed E-state index contributed by atoms with van der Waals surface area (Å²) in [7, 11) is -3.24. The molecule has 3 aromatic rings. The molecular weight excluding hydrogens is 500 g/mol. The van der Waals surface area contributed by atoms with Gasteiger partial charge in [-0.15, -0.1) is 0 Å². The predicted octanol–water partition coefficient (Wildman–Crippen LogP) is 4.04. The Balaban J connectivity index is 1.41. The van der Waals surface area contributed by atoms with Crippen molar-refractivity contribution < 1.29 is 17.9 Å². The molecule has 2 aliphatic rings. The van der Waals surface area contributed by atoms with Gasteiger partial charge in [0.2, 0.25) is 10.0 Å². The minimum absolute atomic E-state index is 0.157. The van der Waals surface area contributed by atoms with E-state index in [0.717, 1.165) is 48.1 Å². The number of piperidine rings is 1. The van der Waals surface area contributed by atoms with E-state index < -0.39 is 10.0 Å². The summed E-state index contributed by atoms with van der Waals surface area (Å²) in [6, 6.07) is 10.3. The third kappa shape index (κ3) is 5.54. The Hall–Kier alpha value is -2.59. The van der Waals surface area contributed by atoms with E-state index in [1.165, 1.54) is 24.8 Å². The summed E-state index contributed by atoms with van der Waals surface area (Å²) in [4.78, 5) is 18.7. The molecule has 0 radical (unpaired) electrons. The average molecular weight is 531 g/mol. The van der Waals surface area contributed by atoms with Gasteiger partial charge in [0.15, 0.2) is 0 Å². The van der Waals surface area contributed by atoms with Gasteiger partial charge in [-0.2, -0.15) is 0 Å². The molecule has 0 saturated carbocycles. The van der Waals surface area contributed by atoms with Crippen LogP contribution in [0, 0.1) is 0 Å². The zero-order chi connectivity index (χ0) is 25.3. The Morgan fingerprint density at radius 1 is 1.14 bits per heavy atom. The van der Waals surface area contributed by atoms with Crippen LogP contribution in [0.1, 0.15) is 47.2 Å². The van der Waals surface area contributed by atoms with Gasteiger partial charge in [-0.05, 0) is 62.2 Å². The number of hydrogen-bond donors (Lipinski definition) is 3. The van der Waals surface area contributed by atoms with Crippen LogP contribution in [-0.2, 0) is 23.1 Å². The Labute approximate surface area is 216 Å². The van der Waals surface area contributed by atoms with Crippen molar-refractivity contribution in [2.45, 2.75) is 38.8 Å². The maximum Gasteiger partial charge on any atom is 0.252 e. The normalized spacial score (nSPS) is 16.3. The number of sulfonamides is 1. The van der Waals surface area contributed by atoms with Crippen molar-refractivity contribution in [2.24, 2.45) is 0 Å². The molecule has 2 aromatic carbocycles. The van der Waals surface area contributed by atoms with E-state index in [9.17, 15) is 13.2 Å². The maximum absolute atomic E-state index is 12.7.